The van der Waals surface area contributed by atoms with Crippen LogP contribution in [-0.2, 0) is 14.3 Å². The number of nitrogens with one attached hydrogen (secondary N) is 1. The second kappa shape index (κ2) is 9.12. The molecule has 0 radical (unpaired) electrons. The number of alkyl carbamates (subject to hydrolysis) is 1. The van der Waals surface area contributed by atoms with E-state index in [2.05, 4.69) is 29.6 Å². The highest BCUT2D eigenvalue weighted by molar-refractivity contribution is 5.83. The molecule has 34 heavy (non-hydrogen) atoms. The molecule has 0 bridgehead atoms. The zero-order chi connectivity index (χ0) is 23.8. The monoisotopic (exact) mass is 462 g/mol. The number of benzene rings is 2. The molecule has 1 aliphatic heterocycles. The van der Waals surface area contributed by atoms with Crippen molar-refractivity contribution >= 4 is 18.0 Å². The number of carboxylic acids is 1. The van der Waals surface area contributed by atoms with Crippen molar-refractivity contribution in [2.75, 3.05) is 19.7 Å². The number of hydrogen-bond acceptors (Lipinski definition) is 4. The van der Waals surface area contributed by atoms with Gasteiger partial charge in [0.25, 0.3) is 0 Å². The third-order valence-corrected chi connectivity index (χ3v) is 7.61. The van der Waals surface area contributed by atoms with Crippen LogP contribution in [-0.4, -0.2) is 53.7 Å². The number of nitrogens with zero attached hydrogens (tertiary/aromatic N) is 1. The van der Waals surface area contributed by atoms with Gasteiger partial charge in [0.05, 0.1) is 5.92 Å². The van der Waals surface area contributed by atoms with Crippen LogP contribution >= 0.6 is 0 Å². The number of carboxylic acid groups (broad SMARTS) is 1. The summed E-state index contributed by atoms with van der Waals surface area (Å²) >= 11 is 0. The third kappa shape index (κ3) is 4.27. The molecule has 0 spiro atoms. The Hall–Kier alpha value is -3.35. The van der Waals surface area contributed by atoms with Crippen LogP contribution in [0, 0.1) is 17.8 Å². The van der Waals surface area contributed by atoms with Gasteiger partial charge in [0.1, 0.15) is 6.61 Å². The van der Waals surface area contributed by atoms with Crippen molar-refractivity contribution in [2.24, 2.45) is 17.8 Å². The van der Waals surface area contributed by atoms with Gasteiger partial charge in [-0.25, -0.2) is 4.79 Å². The minimum atomic E-state index is -0.839. The van der Waals surface area contributed by atoms with E-state index >= 15 is 0 Å². The molecule has 2 N–H and O–H groups in total. The summed E-state index contributed by atoms with van der Waals surface area (Å²) in [5.74, 6) is -1.38. The fourth-order valence-corrected chi connectivity index (χ4v) is 5.47. The second-order valence-electron chi connectivity index (χ2n) is 9.76. The number of likely N-dealkylation sites (tertiary alicyclic amines) is 1. The Morgan fingerprint density at radius 3 is 2.32 bits per heavy atom. The fraction of sp³-hybridized carbons (Fsp3) is 0.444. The molecule has 1 saturated heterocycles. The Morgan fingerprint density at radius 1 is 1.03 bits per heavy atom. The Balaban J connectivity index is 1.11. The number of fused-ring (bicyclic) bond motifs is 3. The van der Waals surface area contributed by atoms with E-state index in [1.165, 1.54) is 22.3 Å². The minimum Gasteiger partial charge on any atom is -0.481 e. The predicted molar refractivity (Wildman–Crippen MR) is 126 cm³/mol. The Labute approximate surface area is 199 Å². The van der Waals surface area contributed by atoms with Crippen LogP contribution in [0.4, 0.5) is 4.79 Å². The van der Waals surface area contributed by atoms with Gasteiger partial charge in [-0.1, -0.05) is 48.5 Å². The molecule has 2 fully saturated rings. The zero-order valence-corrected chi connectivity index (χ0v) is 19.3. The summed E-state index contributed by atoms with van der Waals surface area (Å²) in [7, 11) is 0. The van der Waals surface area contributed by atoms with Gasteiger partial charge in [-0.3, -0.25) is 9.59 Å². The maximum absolute atomic E-state index is 12.9. The minimum absolute atomic E-state index is 0.0103. The highest BCUT2D eigenvalue weighted by Crippen LogP contribution is 2.44. The molecule has 2 aromatic carbocycles. The summed E-state index contributed by atoms with van der Waals surface area (Å²) in [6, 6.07) is 16.5. The number of carbonyl (C=O) groups is 3. The summed E-state index contributed by atoms with van der Waals surface area (Å²) in [5.41, 5.74) is 4.70. The van der Waals surface area contributed by atoms with Crippen LogP contribution in [0.1, 0.15) is 43.2 Å². The normalized spacial score (nSPS) is 25.3. The number of amides is 2. The van der Waals surface area contributed by atoms with Crippen molar-refractivity contribution in [3.63, 3.8) is 0 Å². The van der Waals surface area contributed by atoms with Gasteiger partial charge in [-0.15, -0.1) is 0 Å². The first-order valence-corrected chi connectivity index (χ1v) is 12.1. The number of piperidine rings is 1. The molecule has 2 amide bonds. The maximum atomic E-state index is 12.9. The lowest BCUT2D eigenvalue weighted by Crippen LogP contribution is -2.48. The largest absolute Gasteiger partial charge is 0.481 e. The summed E-state index contributed by atoms with van der Waals surface area (Å²) in [6.45, 7) is 2.90. The van der Waals surface area contributed by atoms with Gasteiger partial charge in [0, 0.05) is 31.0 Å². The molecule has 2 unspecified atom stereocenters. The number of rotatable bonds is 6. The molecule has 2 aliphatic carbocycles. The van der Waals surface area contributed by atoms with E-state index in [0.29, 0.717) is 25.8 Å². The summed E-state index contributed by atoms with van der Waals surface area (Å²) in [4.78, 5) is 38.4. The summed E-state index contributed by atoms with van der Waals surface area (Å²) in [6.07, 6.45) is 1.55. The number of ether oxygens (including phenoxy) is 1. The average Bonchev–Trinajstić information content (AvgIpc) is 3.56. The third-order valence-electron chi connectivity index (χ3n) is 7.61. The van der Waals surface area contributed by atoms with Crippen LogP contribution in [0.2, 0.25) is 0 Å². The topological polar surface area (TPSA) is 95.9 Å². The first kappa shape index (κ1) is 22.4. The highest BCUT2D eigenvalue weighted by atomic mass is 16.5. The summed E-state index contributed by atoms with van der Waals surface area (Å²) < 4.78 is 5.58. The number of carbonyl (C=O) groups excluding carboxylic acids is 2. The van der Waals surface area contributed by atoms with Gasteiger partial charge >= 0.3 is 12.1 Å². The van der Waals surface area contributed by atoms with E-state index in [1.807, 2.05) is 31.2 Å². The molecule has 4 atom stereocenters. The van der Waals surface area contributed by atoms with Gasteiger partial charge in [-0.05, 0) is 54.4 Å². The van der Waals surface area contributed by atoms with Crippen LogP contribution in [0.25, 0.3) is 11.1 Å². The second-order valence-corrected chi connectivity index (χ2v) is 9.76. The van der Waals surface area contributed by atoms with Gasteiger partial charge in [-0.2, -0.15) is 0 Å². The average molecular weight is 463 g/mol. The molecular formula is C27H30N2O5. The summed E-state index contributed by atoms with van der Waals surface area (Å²) in [5, 5.41) is 12.1. The van der Waals surface area contributed by atoms with Crippen molar-refractivity contribution in [2.45, 2.75) is 38.1 Å². The lowest BCUT2D eigenvalue weighted by atomic mass is 9.93. The van der Waals surface area contributed by atoms with Crippen molar-refractivity contribution in [3.05, 3.63) is 59.7 Å². The zero-order valence-electron chi connectivity index (χ0n) is 19.3. The highest BCUT2D eigenvalue weighted by Gasteiger charge is 2.47. The van der Waals surface area contributed by atoms with E-state index in [4.69, 9.17) is 4.74 Å². The molecule has 7 heteroatoms. The first-order valence-electron chi connectivity index (χ1n) is 12.1. The molecule has 1 heterocycles. The van der Waals surface area contributed by atoms with Crippen LogP contribution in [0.3, 0.4) is 0 Å². The van der Waals surface area contributed by atoms with Crippen molar-refractivity contribution in [3.8, 4) is 11.1 Å². The van der Waals surface area contributed by atoms with Gasteiger partial charge < -0.3 is 20.1 Å². The Bertz CT molecular complexity index is 1070. The SMILES string of the molecule is CC1CCC(C(=O)O)CN1C(=O)[C@@H]1C[C@@H]1CNC(=O)OCC1c2ccccc2-c2ccccc21. The van der Waals surface area contributed by atoms with Crippen molar-refractivity contribution < 1.29 is 24.2 Å². The predicted octanol–water partition coefficient (Wildman–Crippen LogP) is 3.87. The van der Waals surface area contributed by atoms with Crippen LogP contribution in [0.15, 0.2) is 48.5 Å². The van der Waals surface area contributed by atoms with Gasteiger partial charge in [0.15, 0.2) is 0 Å². The lowest BCUT2D eigenvalue weighted by Gasteiger charge is -2.36. The molecule has 2 aromatic rings. The van der Waals surface area contributed by atoms with E-state index in [1.54, 1.807) is 4.90 Å². The fourth-order valence-electron chi connectivity index (χ4n) is 5.47. The van der Waals surface area contributed by atoms with E-state index in [-0.39, 0.29) is 42.9 Å². The van der Waals surface area contributed by atoms with E-state index < -0.39 is 18.0 Å². The standard InChI is InChI=1S/C27H30N2O5/c1-16-10-11-17(26(31)32)14-29(16)25(30)23-12-18(23)13-28-27(33)34-15-24-21-8-4-2-6-19(21)20-7-3-5-9-22(20)24/h2-9,16-18,23-24H,10-15H2,1H3,(H,28,33)(H,31,32)/t16?,17?,18-,23-/m1/s1. The van der Waals surface area contributed by atoms with E-state index in [9.17, 15) is 19.5 Å². The Morgan fingerprint density at radius 2 is 1.68 bits per heavy atom. The molecule has 178 valence electrons. The molecule has 5 rings (SSSR count). The van der Waals surface area contributed by atoms with E-state index in [0.717, 1.165) is 0 Å². The van der Waals surface area contributed by atoms with Gasteiger partial charge in [0.2, 0.25) is 5.91 Å². The lowest BCUT2D eigenvalue weighted by molar-refractivity contribution is -0.147. The number of aliphatic carboxylic acids is 1. The number of hydrogen-bond donors (Lipinski definition) is 2. The molecule has 0 aromatic heterocycles. The van der Waals surface area contributed by atoms with Crippen molar-refractivity contribution in [1.82, 2.24) is 10.2 Å². The first-order chi connectivity index (χ1) is 16.4. The van der Waals surface area contributed by atoms with Crippen LogP contribution < -0.4 is 5.32 Å². The molecule has 1 saturated carbocycles. The molecular weight excluding hydrogens is 432 g/mol. The quantitative estimate of drug-likeness (QED) is 0.679. The Kier molecular flexibility index (Phi) is 6.02. The maximum Gasteiger partial charge on any atom is 0.407 e. The van der Waals surface area contributed by atoms with Crippen LogP contribution in [0.5, 0.6) is 0 Å². The molecule has 3 aliphatic rings. The van der Waals surface area contributed by atoms with Crippen molar-refractivity contribution in [1.29, 1.82) is 0 Å². The smallest absolute Gasteiger partial charge is 0.407 e. The molecule has 7 nitrogen and oxygen atoms in total.